The van der Waals surface area contributed by atoms with Crippen LogP contribution in [-0.2, 0) is 0 Å². The Kier molecular flexibility index (Phi) is 2.05. The lowest BCUT2D eigenvalue weighted by Crippen LogP contribution is -1.90. The predicted molar refractivity (Wildman–Crippen MR) is 65.0 cm³/mol. The van der Waals surface area contributed by atoms with Crippen molar-refractivity contribution in [2.45, 2.75) is 13.8 Å². The Labute approximate surface area is 100 Å². The second kappa shape index (κ2) is 3.33. The molecule has 0 bridgehead atoms. The molecule has 3 heterocycles. The van der Waals surface area contributed by atoms with E-state index in [-0.39, 0.29) is 0 Å². The Bertz CT molecular complexity index is 707. The van der Waals surface area contributed by atoms with Crippen LogP contribution < -0.4 is 0 Å². The Hall–Kier alpha value is -1.33. The first-order valence-corrected chi connectivity index (χ1v) is 5.90. The van der Waals surface area contributed by atoms with Gasteiger partial charge in [0.15, 0.2) is 0 Å². The van der Waals surface area contributed by atoms with Gasteiger partial charge in [0.2, 0.25) is 0 Å². The third-order valence-electron chi connectivity index (χ3n) is 2.36. The highest BCUT2D eigenvalue weighted by Gasteiger charge is 2.13. The van der Waals surface area contributed by atoms with Crippen LogP contribution in [0.25, 0.3) is 20.4 Å². The third-order valence-corrected chi connectivity index (χ3v) is 3.84. The van der Waals surface area contributed by atoms with Gasteiger partial charge in [-0.05, 0) is 13.8 Å². The molecule has 0 spiro atoms. The van der Waals surface area contributed by atoms with Gasteiger partial charge in [0.25, 0.3) is 0 Å². The molecular weight excluding hydrogens is 244 g/mol. The molecule has 3 aromatic heterocycles. The molecular formula is C10H7ClN4S. The van der Waals surface area contributed by atoms with Crippen LogP contribution in [0, 0.1) is 13.8 Å². The van der Waals surface area contributed by atoms with Crippen LogP contribution in [0.5, 0.6) is 0 Å². The van der Waals surface area contributed by atoms with Crippen LogP contribution in [-0.4, -0.2) is 19.9 Å². The van der Waals surface area contributed by atoms with Crippen molar-refractivity contribution in [3.8, 4) is 0 Å². The zero-order valence-electron chi connectivity index (χ0n) is 8.65. The van der Waals surface area contributed by atoms with Gasteiger partial charge in [-0.1, -0.05) is 11.6 Å². The van der Waals surface area contributed by atoms with Crippen molar-refractivity contribution in [1.82, 2.24) is 19.9 Å². The van der Waals surface area contributed by atoms with E-state index in [1.807, 2.05) is 13.8 Å². The molecule has 0 saturated heterocycles. The number of aryl methyl sites for hydroxylation is 2. The maximum Gasteiger partial charge on any atom is 0.150 e. The lowest BCUT2D eigenvalue weighted by atomic mass is 10.2. The van der Waals surface area contributed by atoms with Gasteiger partial charge in [-0.2, -0.15) is 0 Å². The molecule has 3 aromatic rings. The summed E-state index contributed by atoms with van der Waals surface area (Å²) < 4.78 is 0.877. The van der Waals surface area contributed by atoms with Gasteiger partial charge in [0.05, 0.1) is 21.3 Å². The van der Waals surface area contributed by atoms with Gasteiger partial charge in [-0.25, -0.2) is 19.9 Å². The van der Waals surface area contributed by atoms with Gasteiger partial charge in [0.1, 0.15) is 22.1 Å². The highest BCUT2D eigenvalue weighted by Crippen LogP contribution is 2.35. The first-order chi connectivity index (χ1) is 7.66. The maximum absolute atomic E-state index is 6.03. The van der Waals surface area contributed by atoms with E-state index in [0.717, 1.165) is 32.0 Å². The molecule has 0 saturated carbocycles. The summed E-state index contributed by atoms with van der Waals surface area (Å²) in [5.41, 5.74) is 1.78. The molecule has 0 atom stereocenters. The number of hydrogen-bond acceptors (Lipinski definition) is 5. The topological polar surface area (TPSA) is 51.6 Å². The summed E-state index contributed by atoms with van der Waals surface area (Å²) in [4.78, 5) is 17.9. The Morgan fingerprint density at radius 1 is 1.19 bits per heavy atom. The summed E-state index contributed by atoms with van der Waals surface area (Å²) >= 11 is 7.54. The summed E-state index contributed by atoms with van der Waals surface area (Å²) in [5, 5.41) is 1.46. The number of fused-ring (bicyclic) bond motifs is 3. The maximum atomic E-state index is 6.03. The zero-order chi connectivity index (χ0) is 11.3. The van der Waals surface area contributed by atoms with E-state index in [0.29, 0.717) is 5.15 Å². The average molecular weight is 251 g/mol. The van der Waals surface area contributed by atoms with Crippen molar-refractivity contribution in [1.29, 1.82) is 0 Å². The third kappa shape index (κ3) is 1.28. The number of aromatic nitrogens is 4. The summed E-state index contributed by atoms with van der Waals surface area (Å²) in [6, 6.07) is 0. The monoisotopic (exact) mass is 250 g/mol. The second-order valence-corrected chi connectivity index (χ2v) is 4.84. The molecule has 0 aliphatic carbocycles. The van der Waals surface area contributed by atoms with Crippen LogP contribution in [0.1, 0.15) is 11.5 Å². The molecule has 3 rings (SSSR count). The summed E-state index contributed by atoms with van der Waals surface area (Å²) in [6.45, 7) is 3.84. The highest BCUT2D eigenvalue weighted by molar-refractivity contribution is 7.25. The number of thiophene rings is 1. The van der Waals surface area contributed by atoms with E-state index >= 15 is 0 Å². The number of nitrogens with zero attached hydrogens (tertiary/aromatic N) is 4. The normalized spacial score (nSPS) is 11.4. The number of hydrogen-bond donors (Lipinski definition) is 0. The summed E-state index contributed by atoms with van der Waals surface area (Å²) in [7, 11) is 0. The lowest BCUT2D eigenvalue weighted by Gasteiger charge is -1.97. The second-order valence-electron chi connectivity index (χ2n) is 3.48. The van der Waals surface area contributed by atoms with Crippen LogP contribution in [0.15, 0.2) is 6.33 Å². The lowest BCUT2D eigenvalue weighted by molar-refractivity contribution is 1.06. The van der Waals surface area contributed by atoms with E-state index < -0.39 is 0 Å². The van der Waals surface area contributed by atoms with Crippen molar-refractivity contribution in [3.05, 3.63) is 23.0 Å². The van der Waals surface area contributed by atoms with Gasteiger partial charge in [-0.15, -0.1) is 11.3 Å². The van der Waals surface area contributed by atoms with Crippen LogP contribution >= 0.6 is 22.9 Å². The largest absolute Gasteiger partial charge is 0.238 e. The molecule has 0 aromatic carbocycles. The van der Waals surface area contributed by atoms with Gasteiger partial charge < -0.3 is 0 Å². The quantitative estimate of drug-likeness (QED) is 0.576. The van der Waals surface area contributed by atoms with Crippen molar-refractivity contribution in [2.24, 2.45) is 0 Å². The first kappa shape index (κ1) is 9.86. The Balaban J connectivity index is 2.61. The molecule has 0 N–H and O–H groups in total. The van der Waals surface area contributed by atoms with Crippen molar-refractivity contribution in [2.75, 3.05) is 0 Å². The van der Waals surface area contributed by atoms with Crippen molar-refractivity contribution < 1.29 is 0 Å². The fourth-order valence-electron chi connectivity index (χ4n) is 1.75. The van der Waals surface area contributed by atoms with Gasteiger partial charge in [-0.3, -0.25) is 0 Å². The van der Waals surface area contributed by atoms with E-state index in [9.17, 15) is 0 Å². The predicted octanol–water partition coefficient (Wildman–Crippen LogP) is 2.90. The van der Waals surface area contributed by atoms with E-state index in [4.69, 9.17) is 11.6 Å². The summed E-state index contributed by atoms with van der Waals surface area (Å²) in [5.74, 6) is 0.764. The number of halogens is 1. The number of rotatable bonds is 0. The molecule has 0 aliphatic rings. The molecule has 0 unspecified atom stereocenters. The smallest absolute Gasteiger partial charge is 0.150 e. The van der Waals surface area contributed by atoms with E-state index in [2.05, 4.69) is 19.9 Å². The molecule has 0 aliphatic heterocycles. The first-order valence-electron chi connectivity index (χ1n) is 4.71. The molecule has 0 amide bonds. The van der Waals surface area contributed by atoms with Crippen LogP contribution in [0.4, 0.5) is 0 Å². The standard InChI is InChI=1S/C10H7ClN4S/c1-4-6-7-8(9(11)13-3-12-7)16-10(6)15-5(2)14-4/h3H,1-2H3. The average Bonchev–Trinajstić information content (AvgIpc) is 2.57. The van der Waals surface area contributed by atoms with E-state index in [1.165, 1.54) is 17.7 Å². The highest BCUT2D eigenvalue weighted by atomic mass is 35.5. The van der Waals surface area contributed by atoms with Gasteiger partial charge >= 0.3 is 0 Å². The molecule has 4 nitrogen and oxygen atoms in total. The molecule has 80 valence electrons. The molecule has 6 heteroatoms. The minimum absolute atomic E-state index is 0.477. The fourth-order valence-corrected chi connectivity index (χ4v) is 3.10. The zero-order valence-corrected chi connectivity index (χ0v) is 10.2. The molecule has 0 fully saturated rings. The molecule has 16 heavy (non-hydrogen) atoms. The SMILES string of the molecule is Cc1nc(C)c2c(n1)sc1c(Cl)ncnc12. The minimum atomic E-state index is 0.477. The Morgan fingerprint density at radius 2 is 2.00 bits per heavy atom. The van der Waals surface area contributed by atoms with E-state index in [1.54, 1.807) is 0 Å². The minimum Gasteiger partial charge on any atom is -0.238 e. The van der Waals surface area contributed by atoms with Crippen LogP contribution in [0.3, 0.4) is 0 Å². The van der Waals surface area contributed by atoms with Crippen LogP contribution in [0.2, 0.25) is 5.15 Å². The fraction of sp³-hybridized carbons (Fsp3) is 0.200. The summed E-state index contributed by atoms with van der Waals surface area (Å²) in [6.07, 6.45) is 1.47. The Morgan fingerprint density at radius 3 is 2.81 bits per heavy atom. The van der Waals surface area contributed by atoms with Gasteiger partial charge in [0, 0.05) is 0 Å². The van der Waals surface area contributed by atoms with Crippen molar-refractivity contribution >= 4 is 43.4 Å². The van der Waals surface area contributed by atoms with Crippen molar-refractivity contribution in [3.63, 3.8) is 0 Å². The molecule has 0 radical (unpaired) electrons.